The molecule has 1 amide bonds. The van der Waals surface area contributed by atoms with Crippen molar-refractivity contribution in [2.45, 2.75) is 43.9 Å². The molecule has 0 saturated carbocycles. The third-order valence-electron chi connectivity index (χ3n) is 8.23. The SMILES string of the molecule is CN1CCC(c2ccc(-c3cc4ccn(C(C(=O)Nc5nccs5)c5ncn6c5C[C@@H](F)C6)c(=O)c4s3)cc2)CC1. The van der Waals surface area contributed by atoms with E-state index in [0.29, 0.717) is 27.1 Å². The van der Waals surface area contributed by atoms with Crippen molar-refractivity contribution < 1.29 is 9.18 Å². The predicted octanol–water partition coefficient (Wildman–Crippen LogP) is 5.31. The number of fused-ring (bicyclic) bond motifs is 2. The van der Waals surface area contributed by atoms with E-state index in [1.165, 1.54) is 45.6 Å². The fourth-order valence-electron chi connectivity index (χ4n) is 6.01. The van der Waals surface area contributed by atoms with Crippen LogP contribution < -0.4 is 10.9 Å². The van der Waals surface area contributed by atoms with E-state index in [-0.39, 0.29) is 18.5 Å². The summed E-state index contributed by atoms with van der Waals surface area (Å²) in [7, 11) is 2.17. The van der Waals surface area contributed by atoms with Crippen LogP contribution in [0.25, 0.3) is 20.5 Å². The first-order chi connectivity index (χ1) is 19.9. The average Bonchev–Trinajstić information content (AvgIpc) is 3.77. The molecule has 0 radical (unpaired) electrons. The van der Waals surface area contributed by atoms with Crippen molar-refractivity contribution in [2.24, 2.45) is 0 Å². The highest BCUT2D eigenvalue weighted by Crippen LogP contribution is 2.35. The third-order valence-corrected chi connectivity index (χ3v) is 10.1. The van der Waals surface area contributed by atoms with Gasteiger partial charge in [0.2, 0.25) is 0 Å². The molecule has 7 rings (SSSR count). The number of aromatic nitrogens is 4. The zero-order chi connectivity index (χ0) is 28.1. The number of amides is 1. The van der Waals surface area contributed by atoms with Crippen LogP contribution in [0.1, 0.15) is 41.8 Å². The lowest BCUT2D eigenvalue weighted by Crippen LogP contribution is -2.34. The van der Waals surface area contributed by atoms with Crippen LogP contribution in [0.15, 0.2) is 65.3 Å². The minimum atomic E-state index is -1.06. The Hall–Kier alpha value is -3.67. The fourth-order valence-corrected chi connectivity index (χ4v) is 7.64. The van der Waals surface area contributed by atoms with Gasteiger partial charge in [-0.2, -0.15) is 0 Å². The minimum absolute atomic E-state index is 0.157. The molecule has 6 heterocycles. The second-order valence-corrected chi connectivity index (χ2v) is 12.8. The summed E-state index contributed by atoms with van der Waals surface area (Å²) >= 11 is 2.71. The molecule has 0 bridgehead atoms. The largest absolute Gasteiger partial charge is 0.331 e. The number of carbonyl (C=O) groups is 1. The Labute approximate surface area is 244 Å². The van der Waals surface area contributed by atoms with Gasteiger partial charge in [-0.15, -0.1) is 22.7 Å². The Morgan fingerprint density at radius 2 is 1.95 bits per heavy atom. The van der Waals surface area contributed by atoms with E-state index >= 15 is 0 Å². The van der Waals surface area contributed by atoms with Crippen LogP contribution in [0.3, 0.4) is 0 Å². The van der Waals surface area contributed by atoms with E-state index in [2.05, 4.69) is 51.5 Å². The van der Waals surface area contributed by atoms with Gasteiger partial charge in [0.25, 0.3) is 11.5 Å². The Bertz CT molecular complexity index is 1770. The molecular weight excluding hydrogens is 560 g/mol. The molecule has 2 atom stereocenters. The summed E-state index contributed by atoms with van der Waals surface area (Å²) in [6.45, 7) is 2.43. The Morgan fingerprint density at radius 3 is 2.71 bits per heavy atom. The topological polar surface area (TPSA) is 85.1 Å². The second kappa shape index (κ2) is 10.6. The zero-order valence-electron chi connectivity index (χ0n) is 22.5. The van der Waals surface area contributed by atoms with E-state index in [4.69, 9.17) is 0 Å². The number of thiophene rings is 1. The highest BCUT2D eigenvalue weighted by Gasteiger charge is 2.34. The molecule has 5 aromatic rings. The molecule has 1 aromatic carbocycles. The van der Waals surface area contributed by atoms with Gasteiger partial charge < -0.3 is 9.47 Å². The van der Waals surface area contributed by atoms with E-state index in [9.17, 15) is 14.0 Å². The molecular formula is C30H29FN6O2S2. The van der Waals surface area contributed by atoms with Gasteiger partial charge in [0.1, 0.15) is 10.9 Å². The van der Waals surface area contributed by atoms with Crippen molar-refractivity contribution in [3.8, 4) is 10.4 Å². The first-order valence-corrected chi connectivity index (χ1v) is 15.5. The number of pyridine rings is 1. The lowest BCUT2D eigenvalue weighted by Gasteiger charge is -2.29. The molecule has 1 unspecified atom stereocenters. The summed E-state index contributed by atoms with van der Waals surface area (Å²) in [5.74, 6) is 0.144. The Balaban J connectivity index is 1.24. The van der Waals surface area contributed by atoms with E-state index in [0.717, 1.165) is 28.9 Å². The monoisotopic (exact) mass is 588 g/mol. The van der Waals surface area contributed by atoms with Crippen molar-refractivity contribution in [3.05, 3.63) is 87.8 Å². The number of likely N-dealkylation sites (tertiary alicyclic amines) is 1. The van der Waals surface area contributed by atoms with Gasteiger partial charge >= 0.3 is 0 Å². The third kappa shape index (κ3) is 4.92. The van der Waals surface area contributed by atoms with Gasteiger partial charge in [-0.3, -0.25) is 19.5 Å². The maximum atomic E-state index is 14.3. The average molecular weight is 589 g/mol. The van der Waals surface area contributed by atoms with Gasteiger partial charge in [-0.1, -0.05) is 24.3 Å². The Kier molecular flexibility index (Phi) is 6.80. The smallest absolute Gasteiger partial charge is 0.269 e. The van der Waals surface area contributed by atoms with Crippen LogP contribution in [0.5, 0.6) is 0 Å². The van der Waals surface area contributed by atoms with Crippen LogP contribution in [0.4, 0.5) is 9.52 Å². The molecule has 1 fully saturated rings. The van der Waals surface area contributed by atoms with Gasteiger partial charge in [0.15, 0.2) is 11.2 Å². The van der Waals surface area contributed by atoms with E-state index in [1.54, 1.807) is 28.7 Å². The van der Waals surface area contributed by atoms with Crippen LogP contribution >= 0.6 is 22.7 Å². The van der Waals surface area contributed by atoms with Gasteiger partial charge in [-0.25, -0.2) is 14.4 Å². The van der Waals surface area contributed by atoms with Crippen molar-refractivity contribution in [1.29, 1.82) is 0 Å². The molecule has 8 nitrogen and oxygen atoms in total. The number of nitrogens with one attached hydrogen (secondary N) is 1. The molecule has 1 saturated heterocycles. The van der Waals surface area contributed by atoms with E-state index in [1.807, 2.05) is 12.1 Å². The van der Waals surface area contributed by atoms with Gasteiger partial charge in [-0.05, 0) is 62.2 Å². The van der Waals surface area contributed by atoms with Crippen molar-refractivity contribution in [2.75, 3.05) is 25.5 Å². The van der Waals surface area contributed by atoms with E-state index < -0.39 is 18.1 Å². The molecule has 1 N–H and O–H groups in total. The van der Waals surface area contributed by atoms with Crippen LogP contribution in [-0.4, -0.2) is 56.2 Å². The summed E-state index contributed by atoms with van der Waals surface area (Å²) in [5.41, 5.74) is 3.18. The summed E-state index contributed by atoms with van der Waals surface area (Å²) in [6, 6.07) is 11.5. The molecule has 0 aliphatic carbocycles. The lowest BCUT2D eigenvalue weighted by molar-refractivity contribution is -0.118. The lowest BCUT2D eigenvalue weighted by atomic mass is 9.89. The van der Waals surface area contributed by atoms with Crippen LogP contribution in [0.2, 0.25) is 0 Å². The second-order valence-electron chi connectivity index (χ2n) is 10.9. The number of hydrogen-bond acceptors (Lipinski definition) is 7. The summed E-state index contributed by atoms with van der Waals surface area (Å²) < 4.78 is 18.0. The maximum Gasteiger partial charge on any atom is 0.269 e. The molecule has 11 heteroatoms. The molecule has 210 valence electrons. The molecule has 4 aromatic heterocycles. The number of halogens is 1. The molecule has 2 aliphatic rings. The fraction of sp³-hybridized carbons (Fsp3) is 0.333. The molecule has 0 spiro atoms. The number of anilines is 1. The van der Waals surface area contributed by atoms with Crippen molar-refractivity contribution in [3.63, 3.8) is 0 Å². The minimum Gasteiger partial charge on any atom is -0.331 e. The number of imidazole rings is 1. The number of rotatable bonds is 6. The number of hydrogen-bond donors (Lipinski definition) is 1. The van der Waals surface area contributed by atoms with Crippen LogP contribution in [0, 0.1) is 0 Å². The number of benzene rings is 1. The van der Waals surface area contributed by atoms with Crippen molar-refractivity contribution in [1.82, 2.24) is 24.0 Å². The first-order valence-electron chi connectivity index (χ1n) is 13.8. The van der Waals surface area contributed by atoms with Crippen LogP contribution in [-0.2, 0) is 17.8 Å². The summed E-state index contributed by atoms with van der Waals surface area (Å²) in [4.78, 5) is 39.6. The summed E-state index contributed by atoms with van der Waals surface area (Å²) in [6.07, 6.45) is 6.25. The predicted molar refractivity (Wildman–Crippen MR) is 161 cm³/mol. The zero-order valence-corrected chi connectivity index (χ0v) is 24.1. The maximum absolute atomic E-state index is 14.3. The normalized spacial score (nSPS) is 18.5. The summed E-state index contributed by atoms with van der Waals surface area (Å²) in [5, 5.41) is 5.83. The standard InChI is InChI=1S/C30H29FN6O2S2/c1-35-10-6-19(7-11-35)18-2-4-20(5-3-18)24-14-21-8-12-37(29(39)27(21)41-24)26(28(38)34-30-32-9-13-40-30)25-23-15-22(31)16-36(23)17-33-25/h2-5,8-9,12-14,17,19,22,26H,6-7,10-11,15-16H2,1H3,(H,32,34,38)/t22-,26?/m1/s1. The highest BCUT2D eigenvalue weighted by molar-refractivity contribution is 7.22. The number of carbonyl (C=O) groups excluding carboxylic acids is 1. The molecule has 41 heavy (non-hydrogen) atoms. The molecule has 2 aliphatic heterocycles. The van der Waals surface area contributed by atoms with Gasteiger partial charge in [0, 0.05) is 40.2 Å². The number of piperidine rings is 1. The number of alkyl halides is 1. The number of nitrogens with zero attached hydrogens (tertiary/aromatic N) is 5. The van der Waals surface area contributed by atoms with Crippen molar-refractivity contribution >= 4 is 43.8 Å². The number of thiazole rings is 1. The van der Waals surface area contributed by atoms with Gasteiger partial charge in [0.05, 0.1) is 18.6 Å². The quantitative estimate of drug-likeness (QED) is 0.291. The highest BCUT2D eigenvalue weighted by atomic mass is 32.1. The first kappa shape index (κ1) is 26.2. The Morgan fingerprint density at radius 1 is 1.15 bits per heavy atom.